The number of allylic oxidation sites excluding steroid dienone is 2. The Bertz CT molecular complexity index is 894. The molecule has 3 rings (SSSR count). The van der Waals surface area contributed by atoms with Crippen LogP contribution in [0.1, 0.15) is 34.8 Å². The molecule has 7 heteroatoms. The predicted octanol–water partition coefficient (Wildman–Crippen LogP) is 1.52. The van der Waals surface area contributed by atoms with Crippen molar-refractivity contribution in [2.75, 3.05) is 7.11 Å². The molecule has 0 spiro atoms. The van der Waals surface area contributed by atoms with E-state index in [-0.39, 0.29) is 29.1 Å². The van der Waals surface area contributed by atoms with E-state index in [1.165, 1.54) is 20.1 Å². The lowest BCUT2D eigenvalue weighted by molar-refractivity contribution is -0.144. The van der Waals surface area contributed by atoms with Gasteiger partial charge >= 0.3 is 0 Å². The molecule has 0 aliphatic heterocycles. The summed E-state index contributed by atoms with van der Waals surface area (Å²) in [5.74, 6) is -2.10. The molecule has 28 heavy (non-hydrogen) atoms. The van der Waals surface area contributed by atoms with Crippen LogP contribution >= 0.6 is 0 Å². The summed E-state index contributed by atoms with van der Waals surface area (Å²) in [5.41, 5.74) is 2.21. The third kappa shape index (κ3) is 3.26. The lowest BCUT2D eigenvalue weighted by Gasteiger charge is -2.32. The van der Waals surface area contributed by atoms with Gasteiger partial charge in [-0.15, -0.1) is 0 Å². The molecule has 0 fully saturated rings. The van der Waals surface area contributed by atoms with Crippen molar-refractivity contribution in [1.29, 1.82) is 0 Å². The first-order valence-corrected chi connectivity index (χ1v) is 9.09. The number of phenolic OH excluding ortho intramolecular Hbond substituents is 1. The second-order valence-electron chi connectivity index (χ2n) is 7.41. The smallest absolute Gasteiger partial charge is 0.200 e. The maximum absolute atomic E-state index is 12.9. The number of aromatic hydroxyl groups is 1. The third-order valence-electron chi connectivity index (χ3n) is 5.46. The summed E-state index contributed by atoms with van der Waals surface area (Å²) in [6, 6.07) is 3.50. The lowest BCUT2D eigenvalue weighted by atomic mass is 9.74. The molecule has 1 aromatic carbocycles. The van der Waals surface area contributed by atoms with E-state index >= 15 is 0 Å². The normalized spacial score (nSPS) is 22.1. The summed E-state index contributed by atoms with van der Waals surface area (Å²) in [6.07, 6.45) is -1.95. The number of fused-ring (bicyclic) bond motifs is 1. The summed E-state index contributed by atoms with van der Waals surface area (Å²) in [5, 5.41) is 40.2. The Hall–Kier alpha value is -2.48. The van der Waals surface area contributed by atoms with E-state index in [4.69, 9.17) is 4.74 Å². The van der Waals surface area contributed by atoms with Crippen LogP contribution in [-0.4, -0.2) is 57.4 Å². The molecule has 0 heterocycles. The Labute approximate surface area is 162 Å². The molecule has 0 radical (unpaired) electrons. The number of ether oxygens (including phenoxy) is 1. The lowest BCUT2D eigenvalue weighted by Crippen LogP contribution is -2.44. The SMILES string of the molecule is COC(C(=O)C(O)C(C)O)C1C=C(O)C2=C(Cc3ccc(C)c(O)c3C2=O)C1. The molecule has 0 aromatic heterocycles. The Morgan fingerprint density at radius 3 is 2.54 bits per heavy atom. The highest BCUT2D eigenvalue weighted by Gasteiger charge is 2.40. The number of hydrogen-bond donors (Lipinski definition) is 4. The fourth-order valence-corrected chi connectivity index (χ4v) is 3.95. The van der Waals surface area contributed by atoms with E-state index in [1.54, 1.807) is 19.1 Å². The second-order valence-corrected chi connectivity index (χ2v) is 7.41. The van der Waals surface area contributed by atoms with Gasteiger partial charge in [0.1, 0.15) is 23.7 Å². The summed E-state index contributed by atoms with van der Waals surface area (Å²) in [7, 11) is 1.31. The fraction of sp³-hybridized carbons (Fsp3) is 0.429. The summed E-state index contributed by atoms with van der Waals surface area (Å²) < 4.78 is 5.26. The Kier molecular flexibility index (Phi) is 5.43. The van der Waals surface area contributed by atoms with Gasteiger partial charge in [-0.05, 0) is 43.9 Å². The van der Waals surface area contributed by atoms with Crippen molar-refractivity contribution in [2.24, 2.45) is 5.92 Å². The molecule has 7 nitrogen and oxygen atoms in total. The van der Waals surface area contributed by atoms with Crippen molar-refractivity contribution in [3.63, 3.8) is 0 Å². The average Bonchev–Trinajstić information content (AvgIpc) is 2.64. The van der Waals surface area contributed by atoms with Crippen LogP contribution in [0.4, 0.5) is 0 Å². The van der Waals surface area contributed by atoms with E-state index in [0.29, 0.717) is 23.1 Å². The molecule has 0 saturated heterocycles. The predicted molar refractivity (Wildman–Crippen MR) is 100 cm³/mol. The zero-order valence-corrected chi connectivity index (χ0v) is 16.0. The maximum Gasteiger partial charge on any atom is 0.200 e. The highest BCUT2D eigenvalue weighted by molar-refractivity contribution is 6.15. The van der Waals surface area contributed by atoms with E-state index in [0.717, 1.165) is 0 Å². The van der Waals surface area contributed by atoms with E-state index in [2.05, 4.69) is 0 Å². The van der Waals surface area contributed by atoms with Crippen molar-refractivity contribution in [1.82, 2.24) is 0 Å². The van der Waals surface area contributed by atoms with Crippen LogP contribution < -0.4 is 0 Å². The minimum atomic E-state index is -1.61. The number of rotatable bonds is 5. The largest absolute Gasteiger partial charge is 0.508 e. The van der Waals surface area contributed by atoms with Gasteiger partial charge in [-0.1, -0.05) is 17.7 Å². The van der Waals surface area contributed by atoms with Gasteiger partial charge in [0, 0.05) is 13.0 Å². The first-order chi connectivity index (χ1) is 13.2. The van der Waals surface area contributed by atoms with Gasteiger partial charge in [-0.2, -0.15) is 0 Å². The third-order valence-corrected chi connectivity index (χ3v) is 5.46. The highest BCUT2D eigenvalue weighted by Crippen LogP contribution is 2.41. The number of methoxy groups -OCH3 is 1. The van der Waals surface area contributed by atoms with E-state index in [9.17, 15) is 30.0 Å². The van der Waals surface area contributed by atoms with Crippen molar-refractivity contribution in [3.8, 4) is 5.75 Å². The number of aliphatic hydroxyl groups excluding tert-OH is 3. The number of phenols is 1. The van der Waals surface area contributed by atoms with Crippen LogP contribution in [0.15, 0.2) is 35.1 Å². The topological polar surface area (TPSA) is 124 Å². The monoisotopic (exact) mass is 388 g/mol. The zero-order valence-electron chi connectivity index (χ0n) is 16.0. The summed E-state index contributed by atoms with van der Waals surface area (Å²) in [6.45, 7) is 3.00. The Morgan fingerprint density at radius 2 is 1.93 bits per heavy atom. The molecule has 1 aromatic rings. The van der Waals surface area contributed by atoms with Gasteiger partial charge in [-0.25, -0.2) is 0 Å². The molecule has 0 saturated carbocycles. The fourth-order valence-electron chi connectivity index (χ4n) is 3.95. The molecular weight excluding hydrogens is 364 g/mol. The van der Waals surface area contributed by atoms with Crippen LogP contribution in [0.25, 0.3) is 0 Å². The standard InChI is InChI=1S/C21H24O7/c1-9-4-5-11-6-12-7-13(21(28-3)20(27)18(25)10(2)22)8-14(23)15(12)19(26)16(11)17(9)24/h4-5,8,10,13,18,21-25H,6-7H2,1-3H3. The summed E-state index contributed by atoms with van der Waals surface area (Å²) in [4.78, 5) is 25.4. The molecule has 2 aliphatic carbocycles. The minimum Gasteiger partial charge on any atom is -0.508 e. The number of hydrogen-bond acceptors (Lipinski definition) is 7. The van der Waals surface area contributed by atoms with Gasteiger partial charge < -0.3 is 25.2 Å². The number of benzene rings is 1. The molecule has 4 unspecified atom stereocenters. The maximum atomic E-state index is 12.9. The van der Waals surface area contributed by atoms with Crippen molar-refractivity contribution >= 4 is 11.6 Å². The number of ketones is 2. The average molecular weight is 388 g/mol. The number of aliphatic hydroxyl groups is 3. The summed E-state index contributed by atoms with van der Waals surface area (Å²) >= 11 is 0. The molecule has 150 valence electrons. The van der Waals surface area contributed by atoms with Crippen LogP contribution in [0.3, 0.4) is 0 Å². The molecule has 0 bridgehead atoms. The molecule has 0 amide bonds. The highest BCUT2D eigenvalue weighted by atomic mass is 16.5. The van der Waals surface area contributed by atoms with Gasteiger partial charge in [0.05, 0.1) is 17.2 Å². The number of carbonyl (C=O) groups is 2. The number of carbonyl (C=O) groups excluding carboxylic acids is 2. The van der Waals surface area contributed by atoms with Crippen molar-refractivity contribution in [3.05, 3.63) is 51.8 Å². The first-order valence-electron chi connectivity index (χ1n) is 9.09. The van der Waals surface area contributed by atoms with Crippen LogP contribution in [0.2, 0.25) is 0 Å². The Balaban J connectivity index is 1.95. The second kappa shape index (κ2) is 7.50. The van der Waals surface area contributed by atoms with Crippen molar-refractivity contribution < 1.29 is 34.8 Å². The minimum absolute atomic E-state index is 0.0889. The van der Waals surface area contributed by atoms with Gasteiger partial charge in [0.25, 0.3) is 0 Å². The zero-order chi connectivity index (χ0) is 20.7. The van der Waals surface area contributed by atoms with Crippen LogP contribution in [-0.2, 0) is 16.0 Å². The quantitative estimate of drug-likeness (QED) is 0.603. The number of Topliss-reactive ketones (excluding diaryl/α,β-unsaturated/α-hetero) is 2. The Morgan fingerprint density at radius 1 is 1.25 bits per heavy atom. The number of aryl methyl sites for hydroxylation is 1. The van der Waals surface area contributed by atoms with E-state index < -0.39 is 35.8 Å². The van der Waals surface area contributed by atoms with Gasteiger partial charge in [-0.3, -0.25) is 9.59 Å². The molecular formula is C21H24O7. The molecule has 2 aliphatic rings. The van der Waals surface area contributed by atoms with Crippen LogP contribution in [0, 0.1) is 12.8 Å². The van der Waals surface area contributed by atoms with E-state index in [1.807, 2.05) is 0 Å². The molecule has 4 atom stereocenters. The van der Waals surface area contributed by atoms with Crippen molar-refractivity contribution in [2.45, 2.75) is 45.0 Å². The van der Waals surface area contributed by atoms with Gasteiger partial charge in [0.2, 0.25) is 5.78 Å². The first kappa shape index (κ1) is 20.3. The van der Waals surface area contributed by atoms with Gasteiger partial charge in [0.15, 0.2) is 5.78 Å². The van der Waals surface area contributed by atoms with Crippen LogP contribution in [0.5, 0.6) is 5.75 Å². The molecule has 4 N–H and O–H groups in total.